The fourth-order valence-electron chi connectivity index (χ4n) is 3.89. The summed E-state index contributed by atoms with van der Waals surface area (Å²) in [6.07, 6.45) is 0. The third-order valence-electron chi connectivity index (χ3n) is 5.25. The first-order valence-electron chi connectivity index (χ1n) is 10.0. The van der Waals surface area contributed by atoms with E-state index in [4.69, 9.17) is 0 Å². The van der Waals surface area contributed by atoms with Crippen molar-refractivity contribution in [1.82, 2.24) is 0 Å². The molecule has 3 aromatic rings. The standard InChI is InChI=1S/C22H23NO9S3/c1-23(14-17-5-2-8-20(11-17)33(24,25)26,15-18-6-3-9-21(12-18)34(27,28)29)16-19-7-4-10-22(13-19)35(30,31)32/h2-13H,14-16H2,1H3,(H2-,24,25,26,27,28,29,30,31,32)/p-2. The highest BCUT2D eigenvalue weighted by Gasteiger charge is 2.25. The maximum absolute atomic E-state index is 11.5. The van der Waals surface area contributed by atoms with Crippen LogP contribution in [0, 0.1) is 0 Å². The van der Waals surface area contributed by atoms with E-state index in [0.29, 0.717) is 16.7 Å². The van der Waals surface area contributed by atoms with Crippen molar-refractivity contribution in [1.29, 1.82) is 0 Å². The van der Waals surface area contributed by atoms with Crippen molar-refractivity contribution in [2.24, 2.45) is 0 Å². The summed E-state index contributed by atoms with van der Waals surface area (Å²) in [6, 6.07) is 16.3. The molecule has 188 valence electrons. The first-order chi connectivity index (χ1) is 16.1. The Balaban J connectivity index is 2.05. The van der Waals surface area contributed by atoms with E-state index >= 15 is 0 Å². The summed E-state index contributed by atoms with van der Waals surface area (Å²) >= 11 is 0. The van der Waals surface area contributed by atoms with Gasteiger partial charge in [0.2, 0.25) is 0 Å². The molecule has 0 fully saturated rings. The molecule has 0 N–H and O–H groups in total. The summed E-state index contributed by atoms with van der Waals surface area (Å²) in [6.45, 7) is 0.435. The molecule has 0 atom stereocenters. The minimum absolute atomic E-state index is 0.0487. The van der Waals surface area contributed by atoms with Crippen LogP contribution in [-0.4, -0.2) is 50.4 Å². The molecule has 3 aromatic carbocycles. The first kappa shape index (κ1) is 26.9. The number of hydrogen-bond acceptors (Lipinski definition) is 9. The quantitative estimate of drug-likeness (QED) is 0.290. The zero-order chi connectivity index (χ0) is 26.1. The van der Waals surface area contributed by atoms with Gasteiger partial charge in [-0.05, 0) is 36.4 Å². The van der Waals surface area contributed by atoms with Gasteiger partial charge < -0.3 is 18.1 Å². The maximum Gasteiger partial charge on any atom is 0.124 e. The van der Waals surface area contributed by atoms with E-state index in [-0.39, 0.29) is 24.1 Å². The number of rotatable bonds is 9. The van der Waals surface area contributed by atoms with E-state index in [1.807, 2.05) is 0 Å². The second-order valence-corrected chi connectivity index (χ2v) is 12.5. The van der Waals surface area contributed by atoms with Gasteiger partial charge in [-0.3, -0.25) is 0 Å². The van der Waals surface area contributed by atoms with Gasteiger partial charge in [0.1, 0.15) is 50.0 Å². The highest BCUT2D eigenvalue weighted by molar-refractivity contribution is 7.86. The van der Waals surface area contributed by atoms with Gasteiger partial charge in [-0.15, -0.1) is 0 Å². The Labute approximate surface area is 204 Å². The average Bonchev–Trinajstić information content (AvgIpc) is 2.72. The van der Waals surface area contributed by atoms with Crippen LogP contribution in [0.15, 0.2) is 87.5 Å². The van der Waals surface area contributed by atoms with Gasteiger partial charge >= 0.3 is 0 Å². The van der Waals surface area contributed by atoms with Crippen LogP contribution in [-0.2, 0) is 50.0 Å². The molecule has 0 aliphatic rings. The second-order valence-electron chi connectivity index (χ2n) is 8.40. The van der Waals surface area contributed by atoms with E-state index in [1.54, 1.807) is 25.2 Å². The smallest absolute Gasteiger partial charge is 0.124 e. The topological polar surface area (TPSA) is 172 Å². The van der Waals surface area contributed by atoms with Gasteiger partial charge in [0.15, 0.2) is 0 Å². The summed E-state index contributed by atoms with van der Waals surface area (Å²) in [4.78, 5) is -1.25. The normalized spacial score (nSPS) is 13.0. The molecule has 0 heterocycles. The van der Waals surface area contributed by atoms with Crippen molar-refractivity contribution in [3.63, 3.8) is 0 Å². The molecule has 0 aliphatic heterocycles. The highest BCUT2D eigenvalue weighted by Crippen LogP contribution is 2.25. The lowest BCUT2D eigenvalue weighted by atomic mass is 10.1. The molecule has 13 heteroatoms. The first-order valence-corrected chi connectivity index (χ1v) is 14.3. The Bertz CT molecular complexity index is 1380. The van der Waals surface area contributed by atoms with Gasteiger partial charge in [-0.2, -0.15) is 0 Å². The van der Waals surface area contributed by atoms with Crippen molar-refractivity contribution >= 4 is 30.4 Å². The van der Waals surface area contributed by atoms with Gasteiger partial charge in [0.05, 0.1) is 21.7 Å². The van der Waals surface area contributed by atoms with Crippen LogP contribution in [0.5, 0.6) is 0 Å². The Morgan fingerprint density at radius 3 is 1.03 bits per heavy atom. The molecule has 0 spiro atoms. The summed E-state index contributed by atoms with van der Waals surface area (Å²) in [5.74, 6) is 0. The maximum atomic E-state index is 11.5. The molecule has 0 saturated heterocycles. The number of benzene rings is 3. The minimum atomic E-state index is -4.70. The van der Waals surface area contributed by atoms with Crippen LogP contribution in [0.25, 0.3) is 0 Å². The molecule has 3 rings (SSSR count). The van der Waals surface area contributed by atoms with Gasteiger partial charge in [-0.25, -0.2) is 25.3 Å². The lowest BCUT2D eigenvalue weighted by Crippen LogP contribution is -2.41. The van der Waals surface area contributed by atoms with Crippen molar-refractivity contribution in [2.45, 2.75) is 34.3 Å². The van der Waals surface area contributed by atoms with Crippen molar-refractivity contribution in [2.75, 3.05) is 7.05 Å². The van der Waals surface area contributed by atoms with Crippen LogP contribution in [0.3, 0.4) is 0 Å². The predicted molar refractivity (Wildman–Crippen MR) is 121 cm³/mol. The van der Waals surface area contributed by atoms with Crippen LogP contribution < -0.4 is 0 Å². The van der Waals surface area contributed by atoms with Gasteiger partial charge in [0.25, 0.3) is 0 Å². The molecular formula is C22H21NO9S3-2. The van der Waals surface area contributed by atoms with E-state index in [0.717, 1.165) is 0 Å². The number of hydrogen-bond donors (Lipinski definition) is 0. The fraction of sp³-hybridized carbons (Fsp3) is 0.182. The second kappa shape index (κ2) is 9.78. The molecule has 0 amide bonds. The van der Waals surface area contributed by atoms with Gasteiger partial charge in [0, 0.05) is 16.7 Å². The summed E-state index contributed by atoms with van der Waals surface area (Å²) in [7, 11) is -12.4. The number of nitrogens with zero attached hydrogens (tertiary/aromatic N) is 1. The zero-order valence-electron chi connectivity index (χ0n) is 18.4. The van der Waals surface area contributed by atoms with E-state index in [2.05, 4.69) is 0 Å². The summed E-state index contributed by atoms with van der Waals surface area (Å²) < 4.78 is 103. The van der Waals surface area contributed by atoms with Gasteiger partial charge in [-0.1, -0.05) is 36.4 Å². The van der Waals surface area contributed by atoms with E-state index in [9.17, 15) is 38.9 Å². The van der Waals surface area contributed by atoms with Crippen LogP contribution in [0.2, 0.25) is 0 Å². The fourth-order valence-corrected chi connectivity index (χ4v) is 5.51. The average molecular weight is 540 g/mol. The van der Waals surface area contributed by atoms with E-state index < -0.39 is 45.0 Å². The third-order valence-corrected chi connectivity index (χ3v) is 7.75. The largest absolute Gasteiger partial charge is 0.744 e. The molecule has 0 aromatic heterocycles. The summed E-state index contributed by atoms with van der Waals surface area (Å²) in [5.41, 5.74) is 1.43. The number of quaternary nitrogens is 1. The molecule has 0 bridgehead atoms. The van der Waals surface area contributed by atoms with E-state index in [1.165, 1.54) is 54.6 Å². The van der Waals surface area contributed by atoms with Crippen LogP contribution >= 0.6 is 0 Å². The summed E-state index contributed by atoms with van der Waals surface area (Å²) in [5, 5.41) is 0. The van der Waals surface area contributed by atoms with Crippen molar-refractivity contribution in [3.8, 4) is 0 Å². The SMILES string of the molecule is C[N+](Cc1cccc(S(=O)(=O)[O-])c1)(Cc1cccc(S(=O)(=O)[O-])c1)Cc1cccc(S(=O)(=O)[O-])c1. The molecule has 0 unspecified atom stereocenters. The monoisotopic (exact) mass is 539 g/mol. The lowest BCUT2D eigenvalue weighted by molar-refractivity contribution is -0.948. The Morgan fingerprint density at radius 2 is 0.800 bits per heavy atom. The van der Waals surface area contributed by atoms with Crippen LogP contribution in [0.4, 0.5) is 0 Å². The Kier molecular flexibility index (Phi) is 7.53. The molecule has 0 aliphatic carbocycles. The Morgan fingerprint density at radius 1 is 0.543 bits per heavy atom. The van der Waals surface area contributed by atoms with Crippen LogP contribution in [0.1, 0.15) is 16.7 Å². The molecular weight excluding hydrogens is 518 g/mol. The molecule has 0 radical (unpaired) electrons. The Hall–Kier alpha value is -2.65. The predicted octanol–water partition coefficient (Wildman–Crippen LogP) is 1.75. The molecule has 10 nitrogen and oxygen atoms in total. The lowest BCUT2D eigenvalue weighted by Gasteiger charge is -2.35. The third kappa shape index (κ3) is 7.41. The van der Waals surface area contributed by atoms with Crippen molar-refractivity contribution < 1.29 is 43.4 Å². The zero-order valence-corrected chi connectivity index (χ0v) is 20.8. The molecule has 0 saturated carbocycles. The highest BCUT2D eigenvalue weighted by atomic mass is 32.2. The minimum Gasteiger partial charge on any atom is -0.744 e. The molecule has 35 heavy (non-hydrogen) atoms. The van der Waals surface area contributed by atoms with Crippen molar-refractivity contribution in [3.05, 3.63) is 89.5 Å².